The second-order valence-corrected chi connectivity index (χ2v) is 5.17. The van der Waals surface area contributed by atoms with Crippen molar-refractivity contribution in [2.24, 2.45) is 0 Å². The highest BCUT2D eigenvalue weighted by Crippen LogP contribution is 2.19. The molecular weight excluding hydrogens is 190 g/mol. The zero-order valence-corrected chi connectivity index (χ0v) is 10.3. The average Bonchev–Trinajstić information content (AvgIpc) is 2.21. The second kappa shape index (κ2) is 5.83. The summed E-state index contributed by atoms with van der Waals surface area (Å²) in [7, 11) is 1.76. The van der Waals surface area contributed by atoms with Gasteiger partial charge in [0.2, 0.25) is 0 Å². The highest BCUT2D eigenvalue weighted by atomic mass is 16.5. The van der Waals surface area contributed by atoms with Gasteiger partial charge in [-0.25, -0.2) is 0 Å². The quantitative estimate of drug-likeness (QED) is 0.733. The van der Waals surface area contributed by atoms with Gasteiger partial charge in [-0.2, -0.15) is 0 Å². The summed E-state index contributed by atoms with van der Waals surface area (Å²) in [5, 5.41) is 12.9. The first-order valence-corrected chi connectivity index (χ1v) is 6.00. The van der Waals surface area contributed by atoms with Crippen LogP contribution in [0.1, 0.15) is 46.0 Å². The predicted molar refractivity (Wildman–Crippen MR) is 62.0 cm³/mol. The standard InChI is InChI=1S/C12H25NO2/c1-12(2,15-3)8-9-13-10-4-6-11(14)7-5-10/h10-11,13-14H,4-9H2,1-3H3. The zero-order valence-electron chi connectivity index (χ0n) is 10.3. The van der Waals surface area contributed by atoms with Crippen molar-refractivity contribution >= 4 is 0 Å². The van der Waals surface area contributed by atoms with Crippen LogP contribution in [0.4, 0.5) is 0 Å². The van der Waals surface area contributed by atoms with E-state index in [0.29, 0.717) is 6.04 Å². The fourth-order valence-electron chi connectivity index (χ4n) is 1.96. The van der Waals surface area contributed by atoms with E-state index < -0.39 is 0 Å². The van der Waals surface area contributed by atoms with Gasteiger partial charge >= 0.3 is 0 Å². The topological polar surface area (TPSA) is 41.5 Å². The van der Waals surface area contributed by atoms with E-state index in [1.165, 1.54) is 0 Å². The lowest BCUT2D eigenvalue weighted by molar-refractivity contribution is 0.0146. The molecule has 1 aliphatic carbocycles. The van der Waals surface area contributed by atoms with Crippen molar-refractivity contribution in [1.82, 2.24) is 5.32 Å². The third kappa shape index (κ3) is 4.96. The molecule has 0 aliphatic heterocycles. The van der Waals surface area contributed by atoms with E-state index in [1.54, 1.807) is 7.11 Å². The molecule has 3 heteroatoms. The first-order valence-electron chi connectivity index (χ1n) is 6.00. The molecule has 1 saturated carbocycles. The lowest BCUT2D eigenvalue weighted by atomic mass is 9.93. The van der Waals surface area contributed by atoms with E-state index in [4.69, 9.17) is 4.74 Å². The van der Waals surface area contributed by atoms with Gasteiger partial charge in [0.15, 0.2) is 0 Å². The summed E-state index contributed by atoms with van der Waals surface area (Å²) in [6.07, 6.45) is 5.08. The van der Waals surface area contributed by atoms with Crippen molar-refractivity contribution in [3.63, 3.8) is 0 Å². The van der Waals surface area contributed by atoms with Crippen LogP contribution < -0.4 is 5.32 Å². The number of aliphatic hydroxyl groups excluding tert-OH is 1. The van der Waals surface area contributed by atoms with E-state index in [9.17, 15) is 5.11 Å². The van der Waals surface area contributed by atoms with E-state index >= 15 is 0 Å². The summed E-state index contributed by atoms with van der Waals surface area (Å²) in [5.41, 5.74) is -0.0266. The summed E-state index contributed by atoms with van der Waals surface area (Å²) < 4.78 is 5.36. The van der Waals surface area contributed by atoms with Crippen molar-refractivity contribution in [2.75, 3.05) is 13.7 Å². The third-order valence-corrected chi connectivity index (χ3v) is 3.41. The number of aliphatic hydroxyl groups is 1. The Hall–Kier alpha value is -0.120. The van der Waals surface area contributed by atoms with Crippen LogP contribution >= 0.6 is 0 Å². The normalized spacial score (nSPS) is 28.0. The summed E-state index contributed by atoms with van der Waals surface area (Å²) in [5.74, 6) is 0. The molecule has 3 nitrogen and oxygen atoms in total. The SMILES string of the molecule is COC(C)(C)CCNC1CCC(O)CC1. The molecule has 0 aromatic heterocycles. The van der Waals surface area contributed by atoms with Gasteiger partial charge in [0.1, 0.15) is 0 Å². The van der Waals surface area contributed by atoms with Gasteiger partial charge in [-0.05, 0) is 52.5 Å². The minimum atomic E-state index is -0.0570. The number of ether oxygens (including phenoxy) is 1. The number of methoxy groups -OCH3 is 1. The van der Waals surface area contributed by atoms with Crippen molar-refractivity contribution in [1.29, 1.82) is 0 Å². The van der Waals surface area contributed by atoms with E-state index in [1.807, 2.05) is 0 Å². The molecule has 90 valence electrons. The molecule has 0 saturated heterocycles. The fourth-order valence-corrected chi connectivity index (χ4v) is 1.96. The van der Waals surface area contributed by atoms with Gasteiger partial charge in [0.05, 0.1) is 11.7 Å². The Bertz CT molecular complexity index is 174. The molecule has 0 atom stereocenters. The molecule has 0 bridgehead atoms. The van der Waals surface area contributed by atoms with Crippen LogP contribution in [-0.4, -0.2) is 36.5 Å². The van der Waals surface area contributed by atoms with Gasteiger partial charge in [0, 0.05) is 13.2 Å². The minimum absolute atomic E-state index is 0.0266. The molecule has 15 heavy (non-hydrogen) atoms. The summed E-state index contributed by atoms with van der Waals surface area (Å²) in [6, 6.07) is 0.598. The van der Waals surface area contributed by atoms with Crippen LogP contribution in [0.5, 0.6) is 0 Å². The van der Waals surface area contributed by atoms with Crippen LogP contribution in [0.2, 0.25) is 0 Å². The molecule has 1 fully saturated rings. The van der Waals surface area contributed by atoms with Crippen LogP contribution in [0.3, 0.4) is 0 Å². The Labute approximate surface area is 93.2 Å². The van der Waals surface area contributed by atoms with Gasteiger partial charge in [-0.3, -0.25) is 0 Å². The van der Waals surface area contributed by atoms with E-state index in [-0.39, 0.29) is 11.7 Å². The molecule has 1 rings (SSSR count). The zero-order chi connectivity index (χ0) is 11.3. The summed E-state index contributed by atoms with van der Waals surface area (Å²) in [6.45, 7) is 5.22. The number of nitrogens with one attached hydrogen (secondary N) is 1. The first kappa shape index (κ1) is 12.9. The Balaban J connectivity index is 2.10. The van der Waals surface area contributed by atoms with Gasteiger partial charge in [-0.15, -0.1) is 0 Å². The molecule has 0 radical (unpaired) electrons. The third-order valence-electron chi connectivity index (χ3n) is 3.41. The monoisotopic (exact) mass is 215 g/mol. The highest BCUT2D eigenvalue weighted by Gasteiger charge is 2.20. The van der Waals surface area contributed by atoms with Crippen molar-refractivity contribution in [2.45, 2.75) is 63.7 Å². The number of rotatable bonds is 5. The van der Waals surface area contributed by atoms with E-state index in [0.717, 1.165) is 38.6 Å². The van der Waals surface area contributed by atoms with Crippen LogP contribution in [-0.2, 0) is 4.74 Å². The minimum Gasteiger partial charge on any atom is -0.393 e. The number of hydrogen-bond acceptors (Lipinski definition) is 3. The smallest absolute Gasteiger partial charge is 0.0634 e. The van der Waals surface area contributed by atoms with Crippen LogP contribution in [0.15, 0.2) is 0 Å². The summed E-state index contributed by atoms with van der Waals surface area (Å²) >= 11 is 0. The second-order valence-electron chi connectivity index (χ2n) is 5.17. The maximum atomic E-state index is 9.37. The van der Waals surface area contributed by atoms with Crippen molar-refractivity contribution in [3.05, 3.63) is 0 Å². The lowest BCUT2D eigenvalue weighted by Crippen LogP contribution is -2.37. The Morgan fingerprint density at radius 3 is 2.40 bits per heavy atom. The maximum absolute atomic E-state index is 9.37. The Kier molecular flexibility index (Phi) is 5.03. The molecule has 0 spiro atoms. The van der Waals surface area contributed by atoms with E-state index in [2.05, 4.69) is 19.2 Å². The predicted octanol–water partition coefficient (Wildman–Crippen LogP) is 1.69. The summed E-state index contributed by atoms with van der Waals surface area (Å²) in [4.78, 5) is 0. The van der Waals surface area contributed by atoms with Gasteiger partial charge in [-0.1, -0.05) is 0 Å². The average molecular weight is 215 g/mol. The molecule has 0 aromatic carbocycles. The first-order chi connectivity index (χ1) is 7.03. The highest BCUT2D eigenvalue weighted by molar-refractivity contribution is 4.78. The fraction of sp³-hybridized carbons (Fsp3) is 1.00. The number of hydrogen-bond donors (Lipinski definition) is 2. The van der Waals surface area contributed by atoms with Crippen LogP contribution in [0.25, 0.3) is 0 Å². The maximum Gasteiger partial charge on any atom is 0.0634 e. The Morgan fingerprint density at radius 1 is 1.27 bits per heavy atom. The van der Waals surface area contributed by atoms with Crippen LogP contribution in [0, 0.1) is 0 Å². The van der Waals surface area contributed by atoms with Crippen molar-refractivity contribution < 1.29 is 9.84 Å². The van der Waals surface area contributed by atoms with Crippen molar-refractivity contribution in [3.8, 4) is 0 Å². The molecule has 0 unspecified atom stereocenters. The molecule has 0 amide bonds. The lowest BCUT2D eigenvalue weighted by Gasteiger charge is -2.28. The van der Waals surface area contributed by atoms with Gasteiger partial charge < -0.3 is 15.2 Å². The Morgan fingerprint density at radius 2 is 1.87 bits per heavy atom. The molecule has 0 aromatic rings. The molecule has 1 aliphatic rings. The largest absolute Gasteiger partial charge is 0.393 e. The molecular formula is C12H25NO2. The molecule has 2 N–H and O–H groups in total. The van der Waals surface area contributed by atoms with Gasteiger partial charge in [0.25, 0.3) is 0 Å². The molecule has 0 heterocycles.